The van der Waals surface area contributed by atoms with E-state index in [0.29, 0.717) is 24.6 Å². The van der Waals surface area contributed by atoms with Gasteiger partial charge in [-0.05, 0) is 25.5 Å². The Balaban J connectivity index is 1.99. The first kappa shape index (κ1) is 17.7. The standard InChI is InChI=1S/C16H20ClN3O2S/c1-3-20(10-11(2)21)16(22)19-15-18-9-13(23-15)8-12-6-4-5-7-14(12)17/h4-7,9,11,21H,3,8,10H2,1-2H3,(H,18,19,22). The number of anilines is 1. The molecule has 0 aliphatic heterocycles. The monoisotopic (exact) mass is 353 g/mol. The fraction of sp³-hybridized carbons (Fsp3) is 0.375. The number of nitrogens with zero attached hydrogens (tertiary/aromatic N) is 2. The maximum absolute atomic E-state index is 12.2. The van der Waals surface area contributed by atoms with Crippen molar-refractivity contribution >= 4 is 34.1 Å². The van der Waals surface area contributed by atoms with Crippen LogP contribution in [0.4, 0.5) is 9.93 Å². The van der Waals surface area contributed by atoms with Gasteiger partial charge in [-0.3, -0.25) is 5.32 Å². The summed E-state index contributed by atoms with van der Waals surface area (Å²) in [6, 6.07) is 7.41. The van der Waals surface area contributed by atoms with Crippen LogP contribution in [0, 0.1) is 0 Å². The highest BCUT2D eigenvalue weighted by molar-refractivity contribution is 7.15. The highest BCUT2D eigenvalue weighted by atomic mass is 35.5. The van der Waals surface area contributed by atoms with Gasteiger partial charge in [-0.15, -0.1) is 11.3 Å². The van der Waals surface area contributed by atoms with Crippen LogP contribution in [0.25, 0.3) is 0 Å². The van der Waals surface area contributed by atoms with Gasteiger partial charge in [-0.1, -0.05) is 29.8 Å². The summed E-state index contributed by atoms with van der Waals surface area (Å²) in [7, 11) is 0. The van der Waals surface area contributed by atoms with Gasteiger partial charge in [0.25, 0.3) is 0 Å². The molecule has 2 amide bonds. The molecule has 1 atom stereocenters. The van der Waals surface area contributed by atoms with Gasteiger partial charge in [-0.2, -0.15) is 0 Å². The maximum Gasteiger partial charge on any atom is 0.323 e. The number of thiazole rings is 1. The second kappa shape index (κ2) is 8.29. The molecular formula is C16H20ClN3O2S. The van der Waals surface area contributed by atoms with Crippen molar-refractivity contribution < 1.29 is 9.90 Å². The maximum atomic E-state index is 12.2. The first-order chi connectivity index (χ1) is 11.0. The molecule has 0 fully saturated rings. The van der Waals surface area contributed by atoms with E-state index in [1.165, 1.54) is 11.3 Å². The van der Waals surface area contributed by atoms with E-state index in [4.69, 9.17) is 11.6 Å². The molecule has 2 N–H and O–H groups in total. The van der Waals surface area contributed by atoms with Crippen LogP contribution in [0.15, 0.2) is 30.5 Å². The van der Waals surface area contributed by atoms with E-state index in [0.717, 1.165) is 15.5 Å². The first-order valence-electron chi connectivity index (χ1n) is 7.41. The van der Waals surface area contributed by atoms with E-state index >= 15 is 0 Å². The van der Waals surface area contributed by atoms with Crippen LogP contribution in [-0.4, -0.2) is 40.2 Å². The molecule has 0 spiro atoms. The number of benzene rings is 1. The zero-order valence-electron chi connectivity index (χ0n) is 13.1. The minimum atomic E-state index is -0.562. The predicted molar refractivity (Wildman–Crippen MR) is 94.3 cm³/mol. The Kier molecular flexibility index (Phi) is 6.38. The summed E-state index contributed by atoms with van der Waals surface area (Å²) in [6.45, 7) is 4.34. The Morgan fingerprint density at radius 2 is 2.22 bits per heavy atom. The lowest BCUT2D eigenvalue weighted by Gasteiger charge is -2.21. The van der Waals surface area contributed by atoms with Gasteiger partial charge >= 0.3 is 6.03 Å². The summed E-state index contributed by atoms with van der Waals surface area (Å²) in [5.74, 6) is 0. The minimum Gasteiger partial charge on any atom is -0.392 e. The topological polar surface area (TPSA) is 65.5 Å². The van der Waals surface area contributed by atoms with Gasteiger partial charge in [0.15, 0.2) is 5.13 Å². The van der Waals surface area contributed by atoms with Crippen molar-refractivity contribution in [3.63, 3.8) is 0 Å². The molecule has 0 saturated carbocycles. The zero-order valence-corrected chi connectivity index (χ0v) is 14.7. The molecular weight excluding hydrogens is 334 g/mol. The summed E-state index contributed by atoms with van der Waals surface area (Å²) in [6.07, 6.45) is 1.86. The van der Waals surface area contributed by atoms with Crippen LogP contribution >= 0.6 is 22.9 Å². The molecule has 0 bridgehead atoms. The minimum absolute atomic E-state index is 0.257. The van der Waals surface area contributed by atoms with Crippen molar-refractivity contribution in [3.05, 3.63) is 45.9 Å². The van der Waals surface area contributed by atoms with Gasteiger partial charge in [-0.25, -0.2) is 9.78 Å². The third-order valence-corrected chi connectivity index (χ3v) is 4.52. The third-order valence-electron chi connectivity index (χ3n) is 3.24. The lowest BCUT2D eigenvalue weighted by atomic mass is 10.1. The summed E-state index contributed by atoms with van der Waals surface area (Å²) in [4.78, 5) is 18.9. The number of aromatic nitrogens is 1. The molecule has 1 aromatic heterocycles. The number of halogens is 1. The van der Waals surface area contributed by atoms with Gasteiger partial charge in [0.05, 0.1) is 6.10 Å². The Hall–Kier alpha value is -1.63. The van der Waals surface area contributed by atoms with E-state index < -0.39 is 6.10 Å². The number of carbonyl (C=O) groups is 1. The average Bonchev–Trinajstić information content (AvgIpc) is 2.94. The Labute approximate surface area is 144 Å². The highest BCUT2D eigenvalue weighted by Crippen LogP contribution is 2.24. The molecule has 7 heteroatoms. The Morgan fingerprint density at radius 1 is 1.48 bits per heavy atom. The molecule has 0 aliphatic rings. The second-order valence-corrected chi connectivity index (χ2v) is 6.74. The predicted octanol–water partition coefficient (Wildman–Crippen LogP) is 3.62. The molecule has 2 rings (SSSR count). The zero-order chi connectivity index (χ0) is 16.8. The third kappa shape index (κ3) is 5.20. The number of urea groups is 1. The van der Waals surface area contributed by atoms with Gasteiger partial charge in [0, 0.05) is 35.6 Å². The Morgan fingerprint density at radius 3 is 2.87 bits per heavy atom. The summed E-state index contributed by atoms with van der Waals surface area (Å²) < 4.78 is 0. The SMILES string of the molecule is CCN(CC(C)O)C(=O)Nc1ncc(Cc2ccccc2Cl)s1. The smallest absolute Gasteiger partial charge is 0.323 e. The van der Waals surface area contributed by atoms with E-state index in [2.05, 4.69) is 10.3 Å². The Bertz CT molecular complexity index is 660. The van der Waals surface area contributed by atoms with Crippen LogP contribution in [0.2, 0.25) is 5.02 Å². The van der Waals surface area contributed by atoms with Crippen LogP contribution < -0.4 is 5.32 Å². The first-order valence-corrected chi connectivity index (χ1v) is 8.61. The van der Waals surface area contributed by atoms with Crippen molar-refractivity contribution in [2.45, 2.75) is 26.4 Å². The van der Waals surface area contributed by atoms with Crippen molar-refractivity contribution in [1.82, 2.24) is 9.88 Å². The number of likely N-dealkylation sites (N-methyl/N-ethyl adjacent to an activating group) is 1. The average molecular weight is 354 g/mol. The number of aliphatic hydroxyl groups is 1. The van der Waals surface area contributed by atoms with E-state index in [-0.39, 0.29) is 6.03 Å². The lowest BCUT2D eigenvalue weighted by molar-refractivity contribution is 0.141. The molecule has 1 heterocycles. The molecule has 5 nitrogen and oxygen atoms in total. The van der Waals surface area contributed by atoms with Gasteiger partial charge in [0.2, 0.25) is 0 Å². The number of hydrogen-bond donors (Lipinski definition) is 2. The summed E-state index contributed by atoms with van der Waals surface area (Å²) >= 11 is 7.58. The van der Waals surface area contributed by atoms with Gasteiger partial charge < -0.3 is 10.0 Å². The lowest BCUT2D eigenvalue weighted by Crippen LogP contribution is -2.39. The van der Waals surface area contributed by atoms with Crippen LogP contribution in [0.3, 0.4) is 0 Å². The number of carbonyl (C=O) groups excluding carboxylic acids is 1. The molecule has 23 heavy (non-hydrogen) atoms. The molecule has 0 saturated heterocycles. The molecule has 1 unspecified atom stereocenters. The van der Waals surface area contributed by atoms with E-state index in [1.54, 1.807) is 18.0 Å². The number of rotatable bonds is 6. The normalized spacial score (nSPS) is 12.0. The van der Waals surface area contributed by atoms with E-state index in [1.807, 2.05) is 31.2 Å². The van der Waals surface area contributed by atoms with Crippen LogP contribution in [-0.2, 0) is 6.42 Å². The van der Waals surface area contributed by atoms with Crippen LogP contribution in [0.1, 0.15) is 24.3 Å². The highest BCUT2D eigenvalue weighted by Gasteiger charge is 2.15. The molecule has 0 radical (unpaired) electrons. The fourth-order valence-corrected chi connectivity index (χ4v) is 3.15. The van der Waals surface area contributed by atoms with Crippen molar-refractivity contribution in [2.24, 2.45) is 0 Å². The number of amides is 2. The number of aliphatic hydroxyl groups excluding tert-OH is 1. The van der Waals surface area contributed by atoms with Crippen molar-refractivity contribution in [1.29, 1.82) is 0 Å². The number of nitrogens with one attached hydrogen (secondary N) is 1. The largest absolute Gasteiger partial charge is 0.392 e. The van der Waals surface area contributed by atoms with Crippen molar-refractivity contribution in [3.8, 4) is 0 Å². The molecule has 2 aromatic rings. The van der Waals surface area contributed by atoms with Crippen LogP contribution in [0.5, 0.6) is 0 Å². The summed E-state index contributed by atoms with van der Waals surface area (Å²) in [5, 5.41) is 13.5. The number of hydrogen-bond acceptors (Lipinski definition) is 4. The quantitative estimate of drug-likeness (QED) is 0.833. The van der Waals surface area contributed by atoms with Gasteiger partial charge in [0.1, 0.15) is 0 Å². The van der Waals surface area contributed by atoms with E-state index in [9.17, 15) is 9.90 Å². The molecule has 0 aliphatic carbocycles. The van der Waals surface area contributed by atoms with Crippen molar-refractivity contribution in [2.75, 3.05) is 18.4 Å². The second-order valence-electron chi connectivity index (χ2n) is 5.22. The summed E-state index contributed by atoms with van der Waals surface area (Å²) in [5.41, 5.74) is 1.03. The molecule has 124 valence electrons. The molecule has 1 aromatic carbocycles. The fourth-order valence-electron chi connectivity index (χ4n) is 2.12.